The van der Waals surface area contributed by atoms with E-state index in [-0.39, 0.29) is 5.83 Å². The van der Waals surface area contributed by atoms with Crippen molar-refractivity contribution in [2.24, 2.45) is 0 Å². The minimum atomic E-state index is -0.0703. The zero-order chi connectivity index (χ0) is 18.8. The van der Waals surface area contributed by atoms with E-state index in [9.17, 15) is 4.39 Å². The number of aromatic nitrogens is 2. The Morgan fingerprint density at radius 2 is 1.82 bits per heavy atom. The lowest BCUT2D eigenvalue weighted by Gasteiger charge is -2.26. The fraction of sp³-hybridized carbons (Fsp3) is 0.160. The van der Waals surface area contributed by atoms with Crippen molar-refractivity contribution in [3.05, 3.63) is 83.2 Å². The molecule has 1 aliphatic heterocycles. The van der Waals surface area contributed by atoms with Gasteiger partial charge in [-0.15, -0.1) is 0 Å². The molecule has 6 rings (SSSR count). The van der Waals surface area contributed by atoms with Crippen molar-refractivity contribution >= 4 is 27.4 Å². The molecule has 0 N–H and O–H groups in total. The van der Waals surface area contributed by atoms with Gasteiger partial charge in [0, 0.05) is 16.7 Å². The predicted molar refractivity (Wildman–Crippen MR) is 113 cm³/mol. The Balaban J connectivity index is 1.70. The largest absolute Gasteiger partial charge is 0.319 e. The van der Waals surface area contributed by atoms with Crippen LogP contribution in [0, 0.1) is 6.92 Å². The van der Waals surface area contributed by atoms with Crippen LogP contribution in [0.3, 0.4) is 0 Å². The Kier molecular flexibility index (Phi) is 3.19. The molecule has 0 atom stereocenters. The van der Waals surface area contributed by atoms with Gasteiger partial charge in [0.15, 0.2) is 0 Å². The first kappa shape index (κ1) is 15.8. The normalized spacial score (nSPS) is 15.9. The summed E-state index contributed by atoms with van der Waals surface area (Å²) in [6.07, 6.45) is 3.39. The van der Waals surface area contributed by atoms with E-state index in [0.29, 0.717) is 6.54 Å². The Labute approximate surface area is 162 Å². The number of halogens is 1. The van der Waals surface area contributed by atoms with Crippen LogP contribution in [-0.2, 0) is 6.54 Å². The van der Waals surface area contributed by atoms with Crippen molar-refractivity contribution in [2.45, 2.75) is 26.3 Å². The highest BCUT2D eigenvalue weighted by Crippen LogP contribution is 2.44. The second-order valence-electron chi connectivity index (χ2n) is 7.78. The first-order chi connectivity index (χ1) is 13.7. The minimum Gasteiger partial charge on any atom is -0.319 e. The highest BCUT2D eigenvalue weighted by atomic mass is 19.1. The van der Waals surface area contributed by atoms with Crippen LogP contribution in [0.15, 0.2) is 72.1 Å². The maximum Gasteiger partial charge on any atom is 0.142 e. The van der Waals surface area contributed by atoms with Crippen LogP contribution in [0.2, 0.25) is 0 Å². The van der Waals surface area contributed by atoms with Crippen molar-refractivity contribution in [1.82, 2.24) is 9.55 Å². The lowest BCUT2D eigenvalue weighted by Crippen LogP contribution is -2.14. The van der Waals surface area contributed by atoms with E-state index in [4.69, 9.17) is 4.98 Å². The van der Waals surface area contributed by atoms with E-state index in [2.05, 4.69) is 66.1 Å². The van der Waals surface area contributed by atoms with Gasteiger partial charge in [-0.25, -0.2) is 9.37 Å². The van der Waals surface area contributed by atoms with Gasteiger partial charge < -0.3 is 4.57 Å². The second kappa shape index (κ2) is 5.65. The molecule has 1 aromatic heterocycles. The lowest BCUT2D eigenvalue weighted by molar-refractivity contribution is 0.612. The van der Waals surface area contributed by atoms with E-state index in [1.807, 2.05) is 0 Å². The SMILES string of the molecule is Cc1cc2c3c(c1)nc(-c1cccc4ccccc14)n3CC1=C2CCC=C1F. The van der Waals surface area contributed by atoms with Crippen molar-refractivity contribution in [1.29, 1.82) is 0 Å². The maximum atomic E-state index is 14.8. The third-order valence-corrected chi connectivity index (χ3v) is 6.03. The van der Waals surface area contributed by atoms with Crippen LogP contribution in [0.25, 0.3) is 38.8 Å². The summed E-state index contributed by atoms with van der Waals surface area (Å²) in [5.74, 6) is 0.850. The summed E-state index contributed by atoms with van der Waals surface area (Å²) < 4.78 is 17.0. The van der Waals surface area contributed by atoms with Crippen LogP contribution in [-0.4, -0.2) is 9.55 Å². The molecule has 0 radical (unpaired) electrons. The van der Waals surface area contributed by atoms with Gasteiger partial charge >= 0.3 is 0 Å². The molecular weight excluding hydrogens is 347 g/mol. The van der Waals surface area contributed by atoms with Gasteiger partial charge in [0.25, 0.3) is 0 Å². The van der Waals surface area contributed by atoms with Crippen LogP contribution in [0.4, 0.5) is 4.39 Å². The topological polar surface area (TPSA) is 17.8 Å². The summed E-state index contributed by atoms with van der Waals surface area (Å²) in [6.45, 7) is 2.64. The molecule has 3 aromatic carbocycles. The van der Waals surface area contributed by atoms with Gasteiger partial charge in [-0.3, -0.25) is 0 Å². The molecule has 2 aliphatic rings. The number of fused-ring (bicyclic) bond motifs is 2. The molecular formula is C25H19FN2. The fourth-order valence-electron chi connectivity index (χ4n) is 4.81. The van der Waals surface area contributed by atoms with Crippen LogP contribution < -0.4 is 0 Å². The predicted octanol–water partition coefficient (Wildman–Crippen LogP) is 6.58. The van der Waals surface area contributed by atoms with Crippen molar-refractivity contribution in [3.63, 3.8) is 0 Å². The Morgan fingerprint density at radius 3 is 2.75 bits per heavy atom. The number of aryl methyl sites for hydroxylation is 1. The average molecular weight is 366 g/mol. The zero-order valence-electron chi connectivity index (χ0n) is 15.7. The summed E-state index contributed by atoms with van der Waals surface area (Å²) in [4.78, 5) is 5.04. The number of rotatable bonds is 1. The van der Waals surface area contributed by atoms with Crippen molar-refractivity contribution < 1.29 is 4.39 Å². The van der Waals surface area contributed by atoms with Gasteiger partial charge in [-0.1, -0.05) is 42.5 Å². The van der Waals surface area contributed by atoms with E-state index < -0.39 is 0 Å². The first-order valence-electron chi connectivity index (χ1n) is 9.78. The molecule has 136 valence electrons. The molecule has 0 fully saturated rings. The average Bonchev–Trinajstić information content (AvgIpc) is 3.07. The highest BCUT2D eigenvalue weighted by Gasteiger charge is 2.28. The van der Waals surface area contributed by atoms with Crippen molar-refractivity contribution in [2.75, 3.05) is 0 Å². The molecule has 3 heteroatoms. The standard InChI is InChI=1S/C25H19FN2/c1-15-12-20-18-9-5-11-22(26)21(18)14-28-24(20)23(13-15)27-25(28)19-10-4-7-16-6-2-3-8-17(16)19/h2-4,6-8,10-13H,5,9,14H2,1H3. The van der Waals surface area contributed by atoms with Crippen molar-refractivity contribution in [3.8, 4) is 11.4 Å². The number of hydrogen-bond donors (Lipinski definition) is 0. The monoisotopic (exact) mass is 366 g/mol. The summed E-state index contributed by atoms with van der Waals surface area (Å²) >= 11 is 0. The number of nitrogens with zero attached hydrogens (tertiary/aromatic N) is 2. The van der Waals surface area contributed by atoms with E-state index in [1.54, 1.807) is 6.08 Å². The molecule has 0 amide bonds. The second-order valence-corrected chi connectivity index (χ2v) is 7.78. The number of imidazole rings is 1. The molecule has 2 heterocycles. The fourth-order valence-corrected chi connectivity index (χ4v) is 4.81. The minimum absolute atomic E-state index is 0.0703. The zero-order valence-corrected chi connectivity index (χ0v) is 15.7. The van der Waals surface area contributed by atoms with Gasteiger partial charge in [-0.2, -0.15) is 0 Å². The molecule has 28 heavy (non-hydrogen) atoms. The molecule has 1 aliphatic carbocycles. The smallest absolute Gasteiger partial charge is 0.142 e. The van der Waals surface area contributed by atoms with Gasteiger partial charge in [0.05, 0.1) is 17.6 Å². The van der Waals surface area contributed by atoms with Gasteiger partial charge in [-0.05, 0) is 59.9 Å². The van der Waals surface area contributed by atoms with E-state index in [0.717, 1.165) is 52.0 Å². The Hall–Kier alpha value is -3.20. The van der Waals surface area contributed by atoms with Crippen LogP contribution in [0.5, 0.6) is 0 Å². The third kappa shape index (κ3) is 2.10. The number of hydrogen-bond acceptors (Lipinski definition) is 1. The molecule has 0 saturated carbocycles. The molecule has 0 spiro atoms. The third-order valence-electron chi connectivity index (χ3n) is 6.03. The number of benzene rings is 3. The molecule has 0 saturated heterocycles. The van der Waals surface area contributed by atoms with Gasteiger partial charge in [0.1, 0.15) is 11.7 Å². The molecule has 2 nitrogen and oxygen atoms in total. The van der Waals surface area contributed by atoms with Gasteiger partial charge in [0.2, 0.25) is 0 Å². The summed E-state index contributed by atoms with van der Waals surface area (Å²) in [6, 6.07) is 19.0. The highest BCUT2D eigenvalue weighted by molar-refractivity contribution is 6.00. The summed E-state index contributed by atoms with van der Waals surface area (Å²) in [5.41, 5.74) is 7.54. The summed E-state index contributed by atoms with van der Waals surface area (Å²) in [7, 11) is 0. The summed E-state index contributed by atoms with van der Waals surface area (Å²) in [5, 5.41) is 2.37. The van der Waals surface area contributed by atoms with E-state index in [1.165, 1.54) is 16.3 Å². The molecule has 0 unspecified atom stereocenters. The molecule has 0 bridgehead atoms. The Bertz CT molecular complexity index is 1350. The Morgan fingerprint density at radius 1 is 0.964 bits per heavy atom. The van der Waals surface area contributed by atoms with Crippen LogP contribution >= 0.6 is 0 Å². The van der Waals surface area contributed by atoms with Crippen LogP contribution in [0.1, 0.15) is 24.0 Å². The first-order valence-corrected chi connectivity index (χ1v) is 9.78. The molecule has 4 aromatic rings. The maximum absolute atomic E-state index is 14.8. The quantitative estimate of drug-likeness (QED) is 0.372. The number of allylic oxidation sites excluding steroid dienone is 4. The lowest BCUT2D eigenvalue weighted by atomic mass is 9.87. The van der Waals surface area contributed by atoms with E-state index >= 15 is 0 Å².